The minimum Gasteiger partial charge on any atom is -0.353 e. The van der Waals surface area contributed by atoms with Crippen molar-refractivity contribution >= 4 is 11.8 Å². The van der Waals surface area contributed by atoms with E-state index in [4.69, 9.17) is 0 Å². The lowest BCUT2D eigenvalue weighted by Gasteiger charge is -2.40. The van der Waals surface area contributed by atoms with Crippen LogP contribution in [0.4, 0.5) is 8.78 Å². The van der Waals surface area contributed by atoms with Crippen molar-refractivity contribution in [3.8, 4) is 0 Å². The molecule has 2 amide bonds. The second kappa shape index (κ2) is 6.92. The van der Waals surface area contributed by atoms with Gasteiger partial charge in [0.05, 0.1) is 5.92 Å². The number of fused-ring (bicyclic) bond motifs is 1. The van der Waals surface area contributed by atoms with E-state index in [2.05, 4.69) is 16.2 Å². The molecule has 1 aromatic rings. The molecule has 8 heteroatoms. The van der Waals surface area contributed by atoms with Gasteiger partial charge in [0.1, 0.15) is 0 Å². The van der Waals surface area contributed by atoms with Crippen molar-refractivity contribution in [2.45, 2.75) is 31.3 Å². The van der Waals surface area contributed by atoms with E-state index in [-0.39, 0.29) is 29.3 Å². The maximum absolute atomic E-state index is 13.3. The lowest BCUT2D eigenvalue weighted by Crippen LogP contribution is -2.57. The first-order valence-corrected chi connectivity index (χ1v) is 9.04. The number of carbonyl (C=O) groups excluding carboxylic acids is 2. The van der Waals surface area contributed by atoms with Crippen molar-refractivity contribution in [2.24, 2.45) is 11.8 Å². The lowest BCUT2D eigenvalue weighted by molar-refractivity contribution is -0.130. The van der Waals surface area contributed by atoms with Gasteiger partial charge in [0.25, 0.3) is 5.91 Å². The molecule has 2 heterocycles. The van der Waals surface area contributed by atoms with Crippen LogP contribution in [0.1, 0.15) is 29.6 Å². The largest absolute Gasteiger partial charge is 0.353 e. The van der Waals surface area contributed by atoms with Gasteiger partial charge in [-0.2, -0.15) is 0 Å². The number of amides is 2. The Bertz CT molecular complexity index is 723. The van der Waals surface area contributed by atoms with Crippen LogP contribution in [-0.4, -0.2) is 48.4 Å². The molecule has 0 spiro atoms. The summed E-state index contributed by atoms with van der Waals surface area (Å²) in [4.78, 5) is 26.1. The zero-order chi connectivity index (χ0) is 18.3. The summed E-state index contributed by atoms with van der Waals surface area (Å²) in [6.07, 6.45) is 2.97. The highest BCUT2D eigenvalue weighted by Crippen LogP contribution is 2.27. The smallest absolute Gasteiger partial charge is 0.254 e. The lowest BCUT2D eigenvalue weighted by atomic mass is 9.83. The predicted octanol–water partition coefficient (Wildman–Crippen LogP) is 0.798. The van der Waals surface area contributed by atoms with Crippen LogP contribution in [0.25, 0.3) is 0 Å². The molecule has 2 saturated heterocycles. The van der Waals surface area contributed by atoms with E-state index in [1.807, 2.05) is 0 Å². The molecule has 140 valence electrons. The van der Waals surface area contributed by atoms with Crippen molar-refractivity contribution in [1.82, 2.24) is 21.1 Å². The molecule has 0 bridgehead atoms. The van der Waals surface area contributed by atoms with Crippen molar-refractivity contribution in [3.05, 3.63) is 35.4 Å². The molecule has 3 aliphatic rings. The number of likely N-dealkylation sites (tertiary alicyclic amines) is 1. The highest BCUT2D eigenvalue weighted by molar-refractivity contribution is 5.96. The van der Waals surface area contributed by atoms with Crippen LogP contribution in [0.5, 0.6) is 0 Å². The standard InChI is InChI=1S/C18H22F2N4O2/c19-14-4-2-10(5-15(14)20)18(26)24-8-12(9-24)17(25)22-13-3-1-11-7-21-23-16(11)6-13/h2,4-5,11-13,16,21,23H,1,3,6-9H2,(H,22,25). The normalized spacial score (nSPS) is 28.4. The van der Waals surface area contributed by atoms with Crippen LogP contribution < -0.4 is 16.2 Å². The third kappa shape index (κ3) is 3.31. The molecule has 1 saturated carbocycles. The van der Waals surface area contributed by atoms with Crippen LogP contribution in [0, 0.1) is 23.5 Å². The first-order chi connectivity index (χ1) is 12.5. The fourth-order valence-corrected chi connectivity index (χ4v) is 4.05. The highest BCUT2D eigenvalue weighted by Gasteiger charge is 2.39. The van der Waals surface area contributed by atoms with E-state index in [1.54, 1.807) is 0 Å². The van der Waals surface area contributed by atoms with E-state index in [0.717, 1.165) is 37.9 Å². The molecule has 3 fully saturated rings. The minimum absolute atomic E-state index is 0.0336. The number of hydrogen-bond donors (Lipinski definition) is 3. The summed E-state index contributed by atoms with van der Waals surface area (Å²) < 4.78 is 26.2. The Morgan fingerprint density at radius 1 is 1.15 bits per heavy atom. The van der Waals surface area contributed by atoms with Crippen molar-refractivity contribution in [2.75, 3.05) is 19.6 Å². The number of halogens is 2. The van der Waals surface area contributed by atoms with Gasteiger partial charge >= 0.3 is 0 Å². The van der Waals surface area contributed by atoms with Gasteiger partial charge < -0.3 is 10.2 Å². The van der Waals surface area contributed by atoms with Gasteiger partial charge in [-0.15, -0.1) is 0 Å². The molecule has 0 aromatic heterocycles. The molecule has 0 radical (unpaired) electrons. The summed E-state index contributed by atoms with van der Waals surface area (Å²) in [5, 5.41) is 3.09. The second-order valence-electron chi connectivity index (χ2n) is 7.45. The van der Waals surface area contributed by atoms with Gasteiger partial charge in [0, 0.05) is 37.3 Å². The first kappa shape index (κ1) is 17.4. The van der Waals surface area contributed by atoms with Crippen molar-refractivity contribution < 1.29 is 18.4 Å². The zero-order valence-electron chi connectivity index (χ0n) is 14.3. The molecule has 6 nitrogen and oxygen atoms in total. The Balaban J connectivity index is 1.27. The molecular formula is C18H22F2N4O2. The molecule has 2 aliphatic heterocycles. The maximum atomic E-state index is 13.3. The Labute approximate surface area is 150 Å². The van der Waals surface area contributed by atoms with Crippen LogP contribution in [-0.2, 0) is 4.79 Å². The molecule has 3 N–H and O–H groups in total. The molecule has 3 atom stereocenters. The van der Waals surface area contributed by atoms with Gasteiger partial charge in [-0.3, -0.25) is 20.4 Å². The first-order valence-electron chi connectivity index (χ1n) is 9.04. The Morgan fingerprint density at radius 3 is 2.73 bits per heavy atom. The maximum Gasteiger partial charge on any atom is 0.254 e. The number of nitrogens with zero attached hydrogens (tertiary/aromatic N) is 1. The summed E-state index contributed by atoms with van der Waals surface area (Å²) in [5.74, 6) is -2.04. The van der Waals surface area contributed by atoms with Gasteiger partial charge in [0.2, 0.25) is 5.91 Å². The summed E-state index contributed by atoms with van der Waals surface area (Å²) in [7, 11) is 0. The third-order valence-corrected chi connectivity index (χ3v) is 5.70. The highest BCUT2D eigenvalue weighted by atomic mass is 19.2. The Hall–Kier alpha value is -2.06. The fourth-order valence-electron chi connectivity index (χ4n) is 4.05. The summed E-state index contributed by atoms with van der Waals surface area (Å²) in [6, 6.07) is 3.66. The van der Waals surface area contributed by atoms with Crippen LogP contribution in [0.15, 0.2) is 18.2 Å². The number of hydrazine groups is 1. The molecule has 26 heavy (non-hydrogen) atoms. The molecule has 4 rings (SSSR count). The van der Waals surface area contributed by atoms with Crippen LogP contribution in [0.3, 0.4) is 0 Å². The summed E-state index contributed by atoms with van der Waals surface area (Å²) in [5.41, 5.74) is 6.52. The van der Waals surface area contributed by atoms with Crippen molar-refractivity contribution in [1.29, 1.82) is 0 Å². The SMILES string of the molecule is O=C(NC1CCC2CNNC2C1)C1CN(C(=O)c2ccc(F)c(F)c2)C1. The fraction of sp³-hybridized carbons (Fsp3) is 0.556. The van der Waals surface area contributed by atoms with E-state index in [9.17, 15) is 18.4 Å². The molecule has 3 unspecified atom stereocenters. The number of rotatable bonds is 3. The summed E-state index contributed by atoms with van der Waals surface area (Å²) >= 11 is 0. The number of nitrogens with one attached hydrogen (secondary N) is 3. The molecule has 1 aliphatic carbocycles. The summed E-state index contributed by atoms with van der Waals surface area (Å²) in [6.45, 7) is 1.60. The van der Waals surface area contributed by atoms with Crippen molar-refractivity contribution in [3.63, 3.8) is 0 Å². The Kier molecular flexibility index (Phi) is 4.62. The predicted molar refractivity (Wildman–Crippen MR) is 89.9 cm³/mol. The zero-order valence-corrected chi connectivity index (χ0v) is 14.3. The third-order valence-electron chi connectivity index (χ3n) is 5.70. The quantitative estimate of drug-likeness (QED) is 0.742. The van der Waals surface area contributed by atoms with E-state index >= 15 is 0 Å². The molecule has 1 aromatic carbocycles. The van der Waals surface area contributed by atoms with Gasteiger partial charge in [-0.25, -0.2) is 8.78 Å². The van der Waals surface area contributed by atoms with Crippen LogP contribution in [0.2, 0.25) is 0 Å². The van der Waals surface area contributed by atoms with E-state index in [1.165, 1.54) is 11.0 Å². The van der Waals surface area contributed by atoms with Crippen LogP contribution >= 0.6 is 0 Å². The van der Waals surface area contributed by atoms with E-state index in [0.29, 0.717) is 25.0 Å². The number of hydrogen-bond acceptors (Lipinski definition) is 4. The van der Waals surface area contributed by atoms with E-state index < -0.39 is 11.6 Å². The van der Waals surface area contributed by atoms with Gasteiger partial charge in [-0.1, -0.05) is 0 Å². The average Bonchev–Trinajstić information content (AvgIpc) is 3.03. The second-order valence-corrected chi connectivity index (χ2v) is 7.45. The number of benzene rings is 1. The topological polar surface area (TPSA) is 73.5 Å². The minimum atomic E-state index is -1.05. The average molecular weight is 364 g/mol. The monoisotopic (exact) mass is 364 g/mol. The van der Waals surface area contributed by atoms with Gasteiger partial charge in [0.15, 0.2) is 11.6 Å². The number of carbonyl (C=O) groups is 2. The molecular weight excluding hydrogens is 342 g/mol. The van der Waals surface area contributed by atoms with Gasteiger partial charge in [-0.05, 0) is 43.4 Å². The Morgan fingerprint density at radius 2 is 1.96 bits per heavy atom.